The Bertz CT molecular complexity index is 303. The molecule has 0 aromatic carbocycles. The minimum absolute atomic E-state index is 0.0655. The molecule has 0 aromatic heterocycles. The molecule has 0 N–H and O–H groups in total. The van der Waals surface area contributed by atoms with Gasteiger partial charge in [-0.2, -0.15) is 0 Å². The Hall–Kier alpha value is -1.04. The molecule has 0 aliphatic carbocycles. The fourth-order valence-electron chi connectivity index (χ4n) is 1.50. The lowest BCUT2D eigenvalue weighted by Crippen LogP contribution is -2.30. The second kappa shape index (κ2) is 10.8. The van der Waals surface area contributed by atoms with Crippen molar-refractivity contribution in [3.8, 4) is 0 Å². The Labute approximate surface area is 119 Å². The summed E-state index contributed by atoms with van der Waals surface area (Å²) in [6, 6.07) is 0. The zero-order chi connectivity index (χ0) is 14.7. The third kappa shape index (κ3) is 8.64. The van der Waals surface area contributed by atoms with Crippen LogP contribution in [0.15, 0.2) is 0 Å². The maximum absolute atomic E-state index is 11.7. The molecule has 0 atom stereocenters. The molecule has 0 aromatic rings. The standard InChI is InChI=1S/C13H23NO4S/c1-4-14(5-2)11(15)9-10-19-13(17)8-7-12(16)18-6-3/h4-10H2,1-3H3. The van der Waals surface area contributed by atoms with Gasteiger partial charge in [0.1, 0.15) is 0 Å². The third-order valence-electron chi connectivity index (χ3n) is 2.53. The molecule has 0 rings (SSSR count). The van der Waals surface area contributed by atoms with E-state index < -0.39 is 0 Å². The van der Waals surface area contributed by atoms with E-state index in [9.17, 15) is 14.4 Å². The van der Waals surface area contributed by atoms with Crippen molar-refractivity contribution in [2.24, 2.45) is 0 Å². The summed E-state index contributed by atoms with van der Waals surface area (Å²) in [6.07, 6.45) is 0.643. The van der Waals surface area contributed by atoms with Gasteiger partial charge in [0.05, 0.1) is 13.0 Å². The van der Waals surface area contributed by atoms with Crippen LogP contribution in [0, 0.1) is 0 Å². The summed E-state index contributed by atoms with van der Waals surface area (Å²) in [6.45, 7) is 7.30. The average Bonchev–Trinajstić information content (AvgIpc) is 2.38. The van der Waals surface area contributed by atoms with Gasteiger partial charge in [0, 0.05) is 31.7 Å². The Kier molecular flexibility index (Phi) is 10.2. The van der Waals surface area contributed by atoms with Gasteiger partial charge in [-0.3, -0.25) is 14.4 Å². The lowest BCUT2D eigenvalue weighted by Gasteiger charge is -2.18. The fraction of sp³-hybridized carbons (Fsp3) is 0.769. The van der Waals surface area contributed by atoms with Gasteiger partial charge < -0.3 is 9.64 Å². The molecule has 0 heterocycles. The molecular weight excluding hydrogens is 266 g/mol. The van der Waals surface area contributed by atoms with Crippen LogP contribution in [-0.4, -0.2) is 47.3 Å². The molecule has 0 radical (unpaired) electrons. The quantitative estimate of drug-likeness (QED) is 0.606. The summed E-state index contributed by atoms with van der Waals surface area (Å²) in [7, 11) is 0. The molecule has 0 unspecified atom stereocenters. The number of amides is 1. The van der Waals surface area contributed by atoms with Gasteiger partial charge in [0.25, 0.3) is 0 Å². The third-order valence-corrected chi connectivity index (χ3v) is 3.47. The van der Waals surface area contributed by atoms with E-state index >= 15 is 0 Å². The fourth-order valence-corrected chi connectivity index (χ4v) is 2.25. The van der Waals surface area contributed by atoms with Crippen molar-refractivity contribution in [3.05, 3.63) is 0 Å². The largest absolute Gasteiger partial charge is 0.466 e. The van der Waals surface area contributed by atoms with Crippen LogP contribution in [0.1, 0.15) is 40.0 Å². The molecule has 110 valence electrons. The number of hydrogen-bond acceptors (Lipinski definition) is 5. The SMILES string of the molecule is CCOC(=O)CCC(=O)SCCC(=O)N(CC)CC. The molecule has 5 nitrogen and oxygen atoms in total. The number of nitrogens with zero attached hydrogens (tertiary/aromatic N) is 1. The van der Waals surface area contributed by atoms with Crippen molar-refractivity contribution in [2.75, 3.05) is 25.4 Å². The predicted molar refractivity (Wildman–Crippen MR) is 75.9 cm³/mol. The summed E-state index contributed by atoms with van der Waals surface area (Å²) in [4.78, 5) is 35.9. The van der Waals surface area contributed by atoms with E-state index in [4.69, 9.17) is 4.74 Å². The van der Waals surface area contributed by atoms with Crippen LogP contribution in [0.3, 0.4) is 0 Å². The lowest BCUT2D eigenvalue weighted by molar-refractivity contribution is -0.143. The van der Waals surface area contributed by atoms with Crippen molar-refractivity contribution in [2.45, 2.75) is 40.0 Å². The first-order valence-corrected chi connectivity index (χ1v) is 7.62. The maximum atomic E-state index is 11.7. The number of carbonyl (C=O) groups is 3. The predicted octanol–water partition coefficient (Wildman–Crippen LogP) is 1.85. The summed E-state index contributed by atoms with van der Waals surface area (Å²) in [5.74, 6) is 0.183. The van der Waals surface area contributed by atoms with Gasteiger partial charge in [-0.15, -0.1) is 0 Å². The van der Waals surface area contributed by atoms with Gasteiger partial charge in [0.2, 0.25) is 5.91 Å². The molecular formula is C13H23NO4S. The molecule has 1 amide bonds. The average molecular weight is 289 g/mol. The molecule has 0 saturated heterocycles. The number of thioether (sulfide) groups is 1. The maximum Gasteiger partial charge on any atom is 0.306 e. The highest BCUT2D eigenvalue weighted by molar-refractivity contribution is 8.13. The molecule has 0 spiro atoms. The first-order valence-electron chi connectivity index (χ1n) is 6.64. The van der Waals surface area contributed by atoms with Crippen molar-refractivity contribution in [1.82, 2.24) is 4.90 Å². The minimum Gasteiger partial charge on any atom is -0.466 e. The van der Waals surface area contributed by atoms with E-state index in [1.807, 2.05) is 13.8 Å². The molecule has 0 aliphatic rings. The van der Waals surface area contributed by atoms with Crippen LogP contribution in [-0.2, 0) is 19.1 Å². The topological polar surface area (TPSA) is 63.7 Å². The van der Waals surface area contributed by atoms with Gasteiger partial charge in [-0.05, 0) is 20.8 Å². The van der Waals surface area contributed by atoms with Gasteiger partial charge >= 0.3 is 5.97 Å². The zero-order valence-electron chi connectivity index (χ0n) is 11.9. The highest BCUT2D eigenvalue weighted by atomic mass is 32.2. The molecule has 0 bridgehead atoms. The van der Waals surface area contributed by atoms with Gasteiger partial charge in [-0.25, -0.2) is 0 Å². The van der Waals surface area contributed by atoms with Crippen LogP contribution in [0.5, 0.6) is 0 Å². The Morgan fingerprint density at radius 2 is 1.63 bits per heavy atom. The lowest BCUT2D eigenvalue weighted by atomic mass is 10.3. The number of ether oxygens (including phenoxy) is 1. The monoisotopic (exact) mass is 289 g/mol. The van der Waals surface area contributed by atoms with Crippen LogP contribution in [0.4, 0.5) is 0 Å². The molecule has 0 aliphatic heterocycles. The smallest absolute Gasteiger partial charge is 0.306 e. The molecule has 6 heteroatoms. The number of rotatable bonds is 9. The number of hydrogen-bond donors (Lipinski definition) is 0. The van der Waals surface area contributed by atoms with Crippen LogP contribution < -0.4 is 0 Å². The summed E-state index contributed by atoms with van der Waals surface area (Å²) >= 11 is 1.11. The minimum atomic E-state index is -0.351. The molecule has 19 heavy (non-hydrogen) atoms. The Morgan fingerprint density at radius 3 is 2.16 bits per heavy atom. The van der Waals surface area contributed by atoms with Crippen molar-refractivity contribution in [3.63, 3.8) is 0 Å². The first kappa shape index (κ1) is 18.0. The second-order valence-corrected chi connectivity index (χ2v) is 4.99. The van der Waals surface area contributed by atoms with Crippen molar-refractivity contribution < 1.29 is 19.1 Å². The van der Waals surface area contributed by atoms with Crippen LogP contribution in [0.2, 0.25) is 0 Å². The van der Waals surface area contributed by atoms with E-state index in [0.717, 1.165) is 11.8 Å². The summed E-state index contributed by atoms with van der Waals surface area (Å²) in [5, 5.41) is -0.0691. The summed E-state index contributed by atoms with van der Waals surface area (Å²) in [5.41, 5.74) is 0. The van der Waals surface area contributed by atoms with Gasteiger partial charge in [-0.1, -0.05) is 11.8 Å². The second-order valence-electron chi connectivity index (χ2n) is 3.84. The Morgan fingerprint density at radius 1 is 1.00 bits per heavy atom. The zero-order valence-corrected chi connectivity index (χ0v) is 12.8. The van der Waals surface area contributed by atoms with Crippen molar-refractivity contribution in [1.29, 1.82) is 0 Å². The van der Waals surface area contributed by atoms with E-state index in [1.165, 1.54) is 0 Å². The summed E-state index contributed by atoms with van der Waals surface area (Å²) < 4.78 is 4.73. The highest BCUT2D eigenvalue weighted by Gasteiger charge is 2.12. The number of carbonyl (C=O) groups excluding carboxylic acids is 3. The first-order chi connectivity index (χ1) is 9.04. The molecule has 0 fully saturated rings. The highest BCUT2D eigenvalue weighted by Crippen LogP contribution is 2.10. The Balaban J connectivity index is 3.74. The van der Waals surface area contributed by atoms with Crippen molar-refractivity contribution >= 4 is 28.8 Å². The van der Waals surface area contributed by atoms with E-state index in [2.05, 4.69) is 0 Å². The van der Waals surface area contributed by atoms with Gasteiger partial charge in [0.15, 0.2) is 5.12 Å². The normalized spacial score (nSPS) is 10.1. The van der Waals surface area contributed by atoms with E-state index in [1.54, 1.807) is 11.8 Å². The van der Waals surface area contributed by atoms with E-state index in [0.29, 0.717) is 31.9 Å². The molecule has 0 saturated carbocycles. The van der Waals surface area contributed by atoms with E-state index in [-0.39, 0.29) is 29.8 Å². The van der Waals surface area contributed by atoms with Crippen LogP contribution >= 0.6 is 11.8 Å². The number of esters is 1. The van der Waals surface area contributed by atoms with Crippen LogP contribution in [0.25, 0.3) is 0 Å².